The van der Waals surface area contributed by atoms with Gasteiger partial charge < -0.3 is 14.6 Å². The van der Waals surface area contributed by atoms with Crippen LogP contribution in [0.25, 0.3) is 0 Å². The molecular formula is C8H11N3O3S. The molecule has 0 aliphatic heterocycles. The van der Waals surface area contributed by atoms with Crippen LogP contribution in [0, 0.1) is 6.92 Å². The van der Waals surface area contributed by atoms with E-state index in [0.717, 1.165) is 0 Å². The molecular weight excluding hydrogens is 218 g/mol. The van der Waals surface area contributed by atoms with Crippen molar-refractivity contribution >= 4 is 29.2 Å². The van der Waals surface area contributed by atoms with Gasteiger partial charge in [-0.15, -0.1) is 0 Å². The third-order valence-electron chi connectivity index (χ3n) is 1.36. The van der Waals surface area contributed by atoms with Crippen molar-refractivity contribution < 1.29 is 14.1 Å². The highest BCUT2D eigenvalue weighted by molar-refractivity contribution is 7.80. The van der Waals surface area contributed by atoms with Gasteiger partial charge in [0.1, 0.15) is 5.76 Å². The molecule has 0 aliphatic carbocycles. The topological polar surface area (TPSA) is 76.4 Å². The Hall–Kier alpha value is -1.63. The van der Waals surface area contributed by atoms with Gasteiger partial charge in [0.15, 0.2) is 10.9 Å². The molecule has 7 heteroatoms. The number of aromatic nitrogens is 1. The van der Waals surface area contributed by atoms with Crippen LogP contribution in [0.1, 0.15) is 12.7 Å². The number of thiocarbonyl (C=S) groups is 1. The van der Waals surface area contributed by atoms with E-state index in [4.69, 9.17) is 16.7 Å². The first-order chi connectivity index (χ1) is 7.11. The Balaban J connectivity index is 2.39. The minimum Gasteiger partial charge on any atom is -0.450 e. The van der Waals surface area contributed by atoms with E-state index in [0.29, 0.717) is 11.6 Å². The molecule has 6 nitrogen and oxygen atoms in total. The fourth-order valence-electron chi connectivity index (χ4n) is 0.833. The molecule has 0 fully saturated rings. The van der Waals surface area contributed by atoms with Gasteiger partial charge in [-0.05, 0) is 26.1 Å². The predicted octanol–water partition coefficient (Wildman–Crippen LogP) is 1.43. The molecule has 1 heterocycles. The molecule has 0 radical (unpaired) electrons. The number of anilines is 1. The number of aryl methyl sites for hydroxylation is 1. The fourth-order valence-corrected chi connectivity index (χ4v) is 1.02. The number of carbonyl (C=O) groups excluding carboxylic acids is 1. The molecule has 2 N–H and O–H groups in total. The number of hydrogen-bond donors (Lipinski definition) is 2. The summed E-state index contributed by atoms with van der Waals surface area (Å²) in [5.41, 5.74) is 0. The highest BCUT2D eigenvalue weighted by atomic mass is 32.1. The lowest BCUT2D eigenvalue weighted by atomic mass is 10.5. The Morgan fingerprint density at radius 3 is 3.00 bits per heavy atom. The maximum absolute atomic E-state index is 10.9. The zero-order valence-electron chi connectivity index (χ0n) is 8.36. The first-order valence-electron chi connectivity index (χ1n) is 4.30. The van der Waals surface area contributed by atoms with Crippen molar-refractivity contribution in [3.05, 3.63) is 11.8 Å². The van der Waals surface area contributed by atoms with Crippen LogP contribution < -0.4 is 10.6 Å². The van der Waals surface area contributed by atoms with Crippen LogP contribution in [0.2, 0.25) is 0 Å². The van der Waals surface area contributed by atoms with Crippen LogP contribution in [-0.2, 0) is 4.74 Å². The zero-order valence-corrected chi connectivity index (χ0v) is 9.18. The van der Waals surface area contributed by atoms with E-state index in [-0.39, 0.29) is 11.7 Å². The SMILES string of the molecule is CCOC(=O)NC(=S)Nc1cc(C)on1. The fraction of sp³-hybridized carbons (Fsp3) is 0.375. The molecule has 0 spiro atoms. The molecule has 0 saturated carbocycles. The Morgan fingerprint density at radius 1 is 1.73 bits per heavy atom. The number of amides is 1. The Bertz CT molecular complexity index is 364. The van der Waals surface area contributed by atoms with E-state index >= 15 is 0 Å². The van der Waals surface area contributed by atoms with Crippen LogP contribution in [0.15, 0.2) is 10.6 Å². The molecule has 0 bridgehead atoms. The largest absolute Gasteiger partial charge is 0.450 e. The van der Waals surface area contributed by atoms with Crippen molar-refractivity contribution in [2.75, 3.05) is 11.9 Å². The highest BCUT2D eigenvalue weighted by Gasteiger charge is 2.06. The zero-order chi connectivity index (χ0) is 11.3. The summed E-state index contributed by atoms with van der Waals surface area (Å²) in [5.74, 6) is 1.09. The average Bonchev–Trinajstić information content (AvgIpc) is 2.51. The summed E-state index contributed by atoms with van der Waals surface area (Å²) in [6.45, 7) is 3.74. The first kappa shape index (κ1) is 11.4. The molecule has 0 aliphatic rings. The minimum absolute atomic E-state index is 0.113. The van der Waals surface area contributed by atoms with Crippen LogP contribution >= 0.6 is 12.2 Å². The monoisotopic (exact) mass is 229 g/mol. The molecule has 0 saturated heterocycles. The minimum atomic E-state index is -0.602. The van der Waals surface area contributed by atoms with Crippen molar-refractivity contribution in [3.63, 3.8) is 0 Å². The van der Waals surface area contributed by atoms with E-state index in [1.54, 1.807) is 19.9 Å². The standard InChI is InChI=1S/C8H11N3O3S/c1-3-13-8(12)10-7(15)9-6-4-5(2)14-11-6/h4H,3H2,1-2H3,(H2,9,10,11,12,15). The summed E-state index contributed by atoms with van der Waals surface area (Å²) in [6, 6.07) is 1.65. The molecule has 1 aromatic heterocycles. The van der Waals surface area contributed by atoms with Crippen molar-refractivity contribution in [2.24, 2.45) is 0 Å². The lowest BCUT2D eigenvalue weighted by Gasteiger charge is -2.05. The van der Waals surface area contributed by atoms with E-state index in [9.17, 15) is 4.79 Å². The molecule has 0 unspecified atom stereocenters. The van der Waals surface area contributed by atoms with Gasteiger partial charge in [0, 0.05) is 6.07 Å². The lowest BCUT2D eigenvalue weighted by Crippen LogP contribution is -2.34. The number of alkyl carbamates (subject to hydrolysis) is 1. The van der Waals surface area contributed by atoms with Crippen molar-refractivity contribution in [2.45, 2.75) is 13.8 Å². The predicted molar refractivity (Wildman–Crippen MR) is 57.6 cm³/mol. The first-order valence-corrected chi connectivity index (χ1v) is 4.70. The molecule has 0 atom stereocenters. The molecule has 1 rings (SSSR count). The van der Waals surface area contributed by atoms with Gasteiger partial charge in [0.05, 0.1) is 6.61 Å². The number of carbonyl (C=O) groups is 1. The van der Waals surface area contributed by atoms with Crippen LogP contribution in [0.3, 0.4) is 0 Å². The van der Waals surface area contributed by atoms with Gasteiger partial charge >= 0.3 is 6.09 Å². The summed E-state index contributed by atoms with van der Waals surface area (Å²) in [6.07, 6.45) is -0.602. The van der Waals surface area contributed by atoms with Gasteiger partial charge in [-0.25, -0.2) is 4.79 Å². The maximum Gasteiger partial charge on any atom is 0.413 e. The van der Waals surface area contributed by atoms with Crippen LogP contribution in [0.4, 0.5) is 10.6 Å². The second kappa shape index (κ2) is 5.30. The smallest absolute Gasteiger partial charge is 0.413 e. The number of ether oxygens (including phenoxy) is 1. The molecule has 1 amide bonds. The second-order valence-electron chi connectivity index (χ2n) is 2.62. The lowest BCUT2D eigenvalue weighted by molar-refractivity contribution is 0.158. The number of rotatable bonds is 2. The number of nitrogens with zero attached hydrogens (tertiary/aromatic N) is 1. The highest BCUT2D eigenvalue weighted by Crippen LogP contribution is 2.06. The summed E-state index contributed by atoms with van der Waals surface area (Å²) >= 11 is 4.83. The van der Waals surface area contributed by atoms with Gasteiger partial charge in [-0.2, -0.15) is 0 Å². The van der Waals surface area contributed by atoms with Crippen molar-refractivity contribution in [1.29, 1.82) is 0 Å². The number of hydrogen-bond acceptors (Lipinski definition) is 5. The second-order valence-corrected chi connectivity index (χ2v) is 3.03. The maximum atomic E-state index is 10.9. The summed E-state index contributed by atoms with van der Waals surface area (Å²) < 4.78 is 9.44. The quantitative estimate of drug-likeness (QED) is 0.747. The third kappa shape index (κ3) is 3.94. The summed E-state index contributed by atoms with van der Waals surface area (Å²) in [4.78, 5) is 10.9. The summed E-state index contributed by atoms with van der Waals surface area (Å²) in [5, 5.41) is 8.74. The van der Waals surface area contributed by atoms with Gasteiger partial charge in [-0.1, -0.05) is 5.16 Å². The Kier molecular flexibility index (Phi) is 4.04. The Morgan fingerprint density at radius 2 is 2.47 bits per heavy atom. The van der Waals surface area contributed by atoms with E-state index in [2.05, 4.69) is 20.5 Å². The average molecular weight is 229 g/mol. The Labute approximate surface area is 92.0 Å². The number of nitrogens with one attached hydrogen (secondary N) is 2. The van der Waals surface area contributed by atoms with Crippen molar-refractivity contribution in [3.8, 4) is 0 Å². The normalized spacial score (nSPS) is 9.47. The van der Waals surface area contributed by atoms with Gasteiger partial charge in [0.25, 0.3) is 0 Å². The molecule has 15 heavy (non-hydrogen) atoms. The summed E-state index contributed by atoms with van der Waals surface area (Å²) in [7, 11) is 0. The van der Waals surface area contributed by atoms with Gasteiger partial charge in [0.2, 0.25) is 0 Å². The van der Waals surface area contributed by atoms with Crippen molar-refractivity contribution in [1.82, 2.24) is 10.5 Å². The van der Waals surface area contributed by atoms with E-state index in [1.165, 1.54) is 0 Å². The van der Waals surface area contributed by atoms with Crippen LogP contribution in [0.5, 0.6) is 0 Å². The van der Waals surface area contributed by atoms with Gasteiger partial charge in [-0.3, -0.25) is 5.32 Å². The molecule has 1 aromatic rings. The van der Waals surface area contributed by atoms with E-state index < -0.39 is 6.09 Å². The van der Waals surface area contributed by atoms with Crippen LogP contribution in [-0.4, -0.2) is 23.0 Å². The van der Waals surface area contributed by atoms with E-state index in [1.807, 2.05) is 0 Å². The third-order valence-corrected chi connectivity index (χ3v) is 1.56. The molecule has 0 aromatic carbocycles. The molecule has 82 valence electrons.